The Morgan fingerprint density at radius 2 is 1.85 bits per heavy atom. The fourth-order valence-corrected chi connectivity index (χ4v) is 3.17. The molecule has 0 amide bonds. The molecular weight excluding hydrogens is 322 g/mol. The van der Waals surface area contributed by atoms with Crippen LogP contribution >= 0.6 is 0 Å². The molecule has 5 rings (SSSR count). The van der Waals surface area contributed by atoms with Gasteiger partial charge >= 0.3 is 0 Å². The quantitative estimate of drug-likeness (QED) is 0.490. The molecule has 2 aromatic carbocycles. The summed E-state index contributed by atoms with van der Waals surface area (Å²) in [5, 5.41) is 9.08. The lowest BCUT2D eigenvalue weighted by Gasteiger charge is -2.04. The van der Waals surface area contributed by atoms with E-state index in [1.54, 1.807) is 0 Å². The van der Waals surface area contributed by atoms with Gasteiger partial charge in [0.15, 0.2) is 5.65 Å². The predicted octanol–water partition coefficient (Wildman–Crippen LogP) is 4.93. The van der Waals surface area contributed by atoms with Gasteiger partial charge in [0.05, 0.1) is 0 Å². The van der Waals surface area contributed by atoms with Gasteiger partial charge in [0.1, 0.15) is 0 Å². The largest absolute Gasteiger partial charge is 0.361 e. The van der Waals surface area contributed by atoms with Gasteiger partial charge in [-0.3, -0.25) is 0 Å². The van der Waals surface area contributed by atoms with Gasteiger partial charge in [0.2, 0.25) is 5.95 Å². The first-order valence-corrected chi connectivity index (χ1v) is 8.53. The summed E-state index contributed by atoms with van der Waals surface area (Å²) in [6.07, 6.45) is 3.97. The highest BCUT2D eigenvalue weighted by atomic mass is 15.3. The highest BCUT2D eigenvalue weighted by molar-refractivity contribution is 5.84. The van der Waals surface area contributed by atoms with Crippen molar-refractivity contribution in [2.24, 2.45) is 0 Å². The summed E-state index contributed by atoms with van der Waals surface area (Å²) in [4.78, 5) is 7.82. The lowest BCUT2D eigenvalue weighted by atomic mass is 10.1. The number of rotatable bonds is 3. The number of benzene rings is 2. The Hall–Kier alpha value is -3.60. The molecule has 5 nitrogen and oxygen atoms in total. The molecule has 2 N–H and O–H groups in total. The van der Waals surface area contributed by atoms with E-state index >= 15 is 0 Å². The van der Waals surface area contributed by atoms with Crippen LogP contribution in [0.25, 0.3) is 27.7 Å². The SMILES string of the molecule is Cc1ccccc1Nc1nc2ccc(-c3ccc4cc[nH]c4c3)cn2n1. The lowest BCUT2D eigenvalue weighted by Crippen LogP contribution is -1.95. The van der Waals surface area contributed by atoms with Crippen LogP contribution in [-0.2, 0) is 0 Å². The molecule has 0 fully saturated rings. The van der Waals surface area contributed by atoms with Gasteiger partial charge in [0, 0.05) is 29.2 Å². The lowest BCUT2D eigenvalue weighted by molar-refractivity contribution is 0.966. The molecule has 0 aliphatic rings. The Morgan fingerprint density at radius 1 is 0.962 bits per heavy atom. The molecule has 0 bridgehead atoms. The zero-order valence-electron chi connectivity index (χ0n) is 14.3. The van der Waals surface area contributed by atoms with Gasteiger partial charge in [-0.15, -0.1) is 5.10 Å². The average Bonchev–Trinajstić information content (AvgIpc) is 3.28. The number of nitrogens with zero attached hydrogens (tertiary/aromatic N) is 3. The summed E-state index contributed by atoms with van der Waals surface area (Å²) >= 11 is 0. The molecule has 0 unspecified atom stereocenters. The van der Waals surface area contributed by atoms with Crippen molar-refractivity contribution in [1.82, 2.24) is 19.6 Å². The van der Waals surface area contributed by atoms with E-state index in [2.05, 4.69) is 63.7 Å². The van der Waals surface area contributed by atoms with E-state index in [4.69, 9.17) is 0 Å². The van der Waals surface area contributed by atoms with E-state index in [0.717, 1.165) is 33.5 Å². The molecule has 126 valence electrons. The second-order valence-electron chi connectivity index (χ2n) is 6.38. The van der Waals surface area contributed by atoms with Crippen LogP contribution in [-0.4, -0.2) is 19.6 Å². The monoisotopic (exact) mass is 339 g/mol. The fourth-order valence-electron chi connectivity index (χ4n) is 3.17. The molecule has 0 radical (unpaired) electrons. The van der Waals surface area contributed by atoms with Gasteiger partial charge < -0.3 is 10.3 Å². The molecule has 0 aliphatic heterocycles. The van der Waals surface area contributed by atoms with E-state index in [1.165, 1.54) is 5.39 Å². The van der Waals surface area contributed by atoms with Gasteiger partial charge in [-0.1, -0.05) is 30.3 Å². The number of pyridine rings is 1. The van der Waals surface area contributed by atoms with Gasteiger partial charge in [-0.2, -0.15) is 4.98 Å². The summed E-state index contributed by atoms with van der Waals surface area (Å²) in [5.41, 5.74) is 6.35. The van der Waals surface area contributed by atoms with E-state index in [1.807, 2.05) is 41.2 Å². The average molecular weight is 339 g/mol. The van der Waals surface area contributed by atoms with Crippen molar-refractivity contribution in [3.8, 4) is 11.1 Å². The predicted molar refractivity (Wildman–Crippen MR) is 105 cm³/mol. The number of fused-ring (bicyclic) bond motifs is 2. The molecule has 0 saturated carbocycles. The minimum absolute atomic E-state index is 0.594. The number of nitrogens with one attached hydrogen (secondary N) is 2. The maximum absolute atomic E-state index is 4.57. The Morgan fingerprint density at radius 3 is 2.77 bits per heavy atom. The maximum Gasteiger partial charge on any atom is 0.247 e. The summed E-state index contributed by atoms with van der Waals surface area (Å²) in [5.74, 6) is 0.594. The zero-order chi connectivity index (χ0) is 17.5. The minimum atomic E-state index is 0.594. The van der Waals surface area contributed by atoms with Crippen molar-refractivity contribution in [3.05, 3.63) is 78.6 Å². The molecular formula is C21H17N5. The van der Waals surface area contributed by atoms with Gasteiger partial charge in [-0.25, -0.2) is 4.52 Å². The normalized spacial score (nSPS) is 11.3. The van der Waals surface area contributed by atoms with Crippen molar-refractivity contribution in [1.29, 1.82) is 0 Å². The number of H-pyrrole nitrogens is 1. The third-order valence-corrected chi connectivity index (χ3v) is 4.61. The summed E-state index contributed by atoms with van der Waals surface area (Å²) in [7, 11) is 0. The molecule has 0 saturated heterocycles. The number of para-hydroxylation sites is 1. The van der Waals surface area contributed by atoms with Gasteiger partial charge in [-0.05, 0) is 53.8 Å². The fraction of sp³-hybridized carbons (Fsp3) is 0.0476. The van der Waals surface area contributed by atoms with Crippen LogP contribution in [0.3, 0.4) is 0 Å². The highest BCUT2D eigenvalue weighted by Gasteiger charge is 2.07. The third-order valence-electron chi connectivity index (χ3n) is 4.61. The molecule has 0 atom stereocenters. The van der Waals surface area contributed by atoms with Crippen molar-refractivity contribution >= 4 is 28.2 Å². The molecule has 0 spiro atoms. The maximum atomic E-state index is 4.57. The summed E-state index contributed by atoms with van der Waals surface area (Å²) < 4.78 is 1.81. The standard InChI is InChI=1S/C21H17N5/c1-14-4-2-3-5-18(14)23-21-24-20-9-8-17(13-26(20)25-21)16-7-6-15-10-11-22-19(15)12-16/h2-13,22H,1H3,(H,23,25). The van der Waals surface area contributed by atoms with Crippen molar-refractivity contribution in [3.63, 3.8) is 0 Å². The second kappa shape index (κ2) is 5.74. The molecule has 5 heteroatoms. The Balaban J connectivity index is 1.52. The number of aromatic nitrogens is 4. The molecule has 5 aromatic rings. The Kier molecular flexibility index (Phi) is 3.25. The first-order valence-electron chi connectivity index (χ1n) is 8.53. The van der Waals surface area contributed by atoms with Gasteiger partial charge in [0.25, 0.3) is 0 Å². The van der Waals surface area contributed by atoms with Crippen LogP contribution in [0.1, 0.15) is 5.56 Å². The number of hydrogen-bond donors (Lipinski definition) is 2. The highest BCUT2D eigenvalue weighted by Crippen LogP contribution is 2.25. The van der Waals surface area contributed by atoms with Crippen LogP contribution in [0.15, 0.2) is 73.1 Å². The molecule has 26 heavy (non-hydrogen) atoms. The number of hydrogen-bond acceptors (Lipinski definition) is 3. The summed E-state index contributed by atoms with van der Waals surface area (Å²) in [6, 6.07) is 20.6. The van der Waals surface area contributed by atoms with E-state index in [9.17, 15) is 0 Å². The van der Waals surface area contributed by atoms with Crippen LogP contribution in [0.4, 0.5) is 11.6 Å². The zero-order valence-corrected chi connectivity index (χ0v) is 14.3. The smallest absolute Gasteiger partial charge is 0.247 e. The van der Waals surface area contributed by atoms with E-state index < -0.39 is 0 Å². The van der Waals surface area contributed by atoms with Crippen LogP contribution in [0, 0.1) is 6.92 Å². The van der Waals surface area contributed by atoms with E-state index in [-0.39, 0.29) is 0 Å². The number of aryl methyl sites for hydroxylation is 1. The van der Waals surface area contributed by atoms with Crippen molar-refractivity contribution in [2.75, 3.05) is 5.32 Å². The third kappa shape index (κ3) is 2.50. The molecule has 3 heterocycles. The van der Waals surface area contributed by atoms with Crippen LogP contribution in [0.5, 0.6) is 0 Å². The topological polar surface area (TPSA) is 58.0 Å². The van der Waals surface area contributed by atoms with Crippen molar-refractivity contribution < 1.29 is 0 Å². The molecule has 3 aromatic heterocycles. The molecule has 0 aliphatic carbocycles. The second-order valence-corrected chi connectivity index (χ2v) is 6.38. The Bertz CT molecular complexity index is 1230. The number of anilines is 2. The first-order chi connectivity index (χ1) is 12.8. The van der Waals surface area contributed by atoms with Crippen LogP contribution < -0.4 is 5.32 Å². The van der Waals surface area contributed by atoms with E-state index in [0.29, 0.717) is 5.95 Å². The minimum Gasteiger partial charge on any atom is -0.361 e. The Labute approximate surface area is 150 Å². The van der Waals surface area contributed by atoms with Crippen molar-refractivity contribution in [2.45, 2.75) is 6.92 Å². The summed E-state index contributed by atoms with van der Waals surface area (Å²) in [6.45, 7) is 2.06. The number of aromatic amines is 1. The first kappa shape index (κ1) is 14.7. The van der Waals surface area contributed by atoms with Crippen LogP contribution in [0.2, 0.25) is 0 Å².